The van der Waals surface area contributed by atoms with Crippen molar-refractivity contribution in [2.24, 2.45) is 11.3 Å². The number of aromatic nitrogens is 3. The molecule has 0 aromatic carbocycles. The number of nitrogens with zero attached hydrogens (tertiary/aromatic N) is 2. The number of hydrogen-bond acceptors (Lipinski definition) is 5. The third kappa shape index (κ3) is 3.43. The lowest BCUT2D eigenvalue weighted by Gasteiger charge is -2.27. The lowest BCUT2D eigenvalue weighted by atomic mass is 9.76. The fourth-order valence-corrected chi connectivity index (χ4v) is 1.43. The molecular weight excluding hydrogens is 252 g/mol. The summed E-state index contributed by atoms with van der Waals surface area (Å²) in [7, 11) is 1.40. The number of carbonyl (C=O) groups is 2. The third-order valence-corrected chi connectivity index (χ3v) is 3.20. The first kappa shape index (κ1) is 14.9. The van der Waals surface area contributed by atoms with Crippen LogP contribution in [0.2, 0.25) is 0 Å². The molecule has 1 aromatic rings. The smallest absolute Gasteiger partial charge is 0.336 e. The van der Waals surface area contributed by atoms with E-state index in [-0.39, 0.29) is 24.3 Å². The topological polar surface area (TPSA) is 117 Å². The zero-order chi connectivity index (χ0) is 14.6. The van der Waals surface area contributed by atoms with Crippen LogP contribution in [0.4, 0.5) is 5.95 Å². The molecule has 8 nitrogen and oxygen atoms in total. The highest BCUT2D eigenvalue weighted by atomic mass is 16.5. The predicted octanol–water partition coefficient (Wildman–Crippen LogP) is 0.889. The number of methoxy groups -OCH3 is 1. The van der Waals surface area contributed by atoms with Gasteiger partial charge in [-0.15, -0.1) is 5.10 Å². The number of aromatic amines is 1. The molecule has 0 saturated heterocycles. The molecule has 3 N–H and O–H groups in total. The Labute approximate surface area is 110 Å². The Kier molecular flexibility index (Phi) is 4.47. The number of hydrogen-bond donors (Lipinski definition) is 3. The Bertz CT molecular complexity index is 471. The van der Waals surface area contributed by atoms with Crippen molar-refractivity contribution in [2.75, 3.05) is 12.4 Å². The standard InChI is InChI=1S/C11H18N4O4/c1-6(2)11(3,8(17)18)5-7(16)12-9-13-10(19-4)15-14-9/h6H,5H2,1-4H3,(H,17,18)(H2,12,13,14,15,16). The van der Waals surface area contributed by atoms with E-state index in [1.165, 1.54) is 7.11 Å². The van der Waals surface area contributed by atoms with Gasteiger partial charge in [0.25, 0.3) is 0 Å². The van der Waals surface area contributed by atoms with E-state index in [0.29, 0.717) is 0 Å². The maximum absolute atomic E-state index is 11.8. The van der Waals surface area contributed by atoms with Crippen LogP contribution in [-0.4, -0.2) is 39.3 Å². The fraction of sp³-hybridized carbons (Fsp3) is 0.636. The van der Waals surface area contributed by atoms with Gasteiger partial charge in [-0.25, -0.2) is 5.10 Å². The summed E-state index contributed by atoms with van der Waals surface area (Å²) in [4.78, 5) is 26.9. The van der Waals surface area contributed by atoms with E-state index >= 15 is 0 Å². The van der Waals surface area contributed by atoms with Gasteiger partial charge in [0.1, 0.15) is 0 Å². The van der Waals surface area contributed by atoms with Crippen molar-refractivity contribution in [1.82, 2.24) is 15.2 Å². The molecule has 106 valence electrons. The minimum Gasteiger partial charge on any atom is -0.481 e. The highest BCUT2D eigenvalue weighted by Crippen LogP contribution is 2.31. The van der Waals surface area contributed by atoms with Gasteiger partial charge in [0.05, 0.1) is 12.5 Å². The van der Waals surface area contributed by atoms with Gasteiger partial charge in [0.2, 0.25) is 11.9 Å². The number of carboxylic acid groups (broad SMARTS) is 1. The van der Waals surface area contributed by atoms with Gasteiger partial charge in [-0.2, -0.15) is 4.98 Å². The summed E-state index contributed by atoms with van der Waals surface area (Å²) in [6.45, 7) is 5.07. The minimum atomic E-state index is -1.13. The van der Waals surface area contributed by atoms with E-state index in [2.05, 4.69) is 20.5 Å². The van der Waals surface area contributed by atoms with Crippen molar-refractivity contribution in [3.63, 3.8) is 0 Å². The van der Waals surface area contributed by atoms with E-state index in [1.54, 1.807) is 20.8 Å². The highest BCUT2D eigenvalue weighted by Gasteiger charge is 2.38. The summed E-state index contributed by atoms with van der Waals surface area (Å²) in [5.74, 6) is -1.51. The molecule has 1 amide bonds. The number of ether oxygens (including phenoxy) is 1. The van der Waals surface area contributed by atoms with Crippen molar-refractivity contribution >= 4 is 17.8 Å². The van der Waals surface area contributed by atoms with Crippen LogP contribution in [0.15, 0.2) is 0 Å². The van der Waals surface area contributed by atoms with Crippen LogP contribution in [0.25, 0.3) is 0 Å². The molecule has 1 unspecified atom stereocenters. The minimum absolute atomic E-state index is 0.0974. The largest absolute Gasteiger partial charge is 0.481 e. The molecule has 19 heavy (non-hydrogen) atoms. The molecule has 0 aliphatic carbocycles. The molecule has 8 heteroatoms. The van der Waals surface area contributed by atoms with Crippen LogP contribution < -0.4 is 10.1 Å². The molecule has 1 rings (SSSR count). The number of carboxylic acids is 1. The van der Waals surface area contributed by atoms with Crippen LogP contribution in [0.5, 0.6) is 6.01 Å². The first-order chi connectivity index (χ1) is 8.79. The predicted molar refractivity (Wildman–Crippen MR) is 66.8 cm³/mol. The van der Waals surface area contributed by atoms with Crippen molar-refractivity contribution in [1.29, 1.82) is 0 Å². The molecule has 0 fully saturated rings. The average molecular weight is 270 g/mol. The Balaban J connectivity index is 2.71. The summed E-state index contributed by atoms with van der Waals surface area (Å²) in [5.41, 5.74) is -1.13. The summed E-state index contributed by atoms with van der Waals surface area (Å²) in [6, 6.07) is 0.0974. The maximum atomic E-state index is 11.8. The SMILES string of the molecule is COc1n[nH]c(NC(=O)CC(C)(C(=O)O)C(C)C)n1. The number of amides is 1. The van der Waals surface area contributed by atoms with Crippen LogP contribution in [-0.2, 0) is 9.59 Å². The van der Waals surface area contributed by atoms with Gasteiger partial charge in [-0.3, -0.25) is 14.9 Å². The molecule has 0 radical (unpaired) electrons. The number of anilines is 1. The van der Waals surface area contributed by atoms with E-state index < -0.39 is 17.3 Å². The number of aliphatic carboxylic acids is 1. The van der Waals surface area contributed by atoms with Gasteiger partial charge in [0, 0.05) is 6.42 Å². The monoisotopic (exact) mass is 270 g/mol. The summed E-state index contributed by atoms with van der Waals surface area (Å²) >= 11 is 0. The molecule has 0 spiro atoms. The summed E-state index contributed by atoms with van der Waals surface area (Å²) in [5, 5.41) is 17.8. The molecule has 0 aliphatic heterocycles. The van der Waals surface area contributed by atoms with E-state index in [0.717, 1.165) is 0 Å². The zero-order valence-electron chi connectivity index (χ0n) is 11.4. The highest BCUT2D eigenvalue weighted by molar-refractivity contribution is 5.92. The first-order valence-electron chi connectivity index (χ1n) is 5.79. The Morgan fingerprint density at radius 3 is 2.58 bits per heavy atom. The second-order valence-electron chi connectivity index (χ2n) is 4.77. The van der Waals surface area contributed by atoms with Gasteiger partial charge in [0.15, 0.2) is 0 Å². The Morgan fingerprint density at radius 2 is 2.16 bits per heavy atom. The number of H-pyrrole nitrogens is 1. The first-order valence-corrected chi connectivity index (χ1v) is 5.79. The van der Waals surface area contributed by atoms with E-state index in [9.17, 15) is 14.7 Å². The molecule has 0 bridgehead atoms. The van der Waals surface area contributed by atoms with Crippen LogP contribution in [0.3, 0.4) is 0 Å². The maximum Gasteiger partial charge on any atom is 0.336 e. The average Bonchev–Trinajstić information content (AvgIpc) is 2.75. The number of nitrogens with one attached hydrogen (secondary N) is 2. The van der Waals surface area contributed by atoms with Gasteiger partial charge in [-0.1, -0.05) is 13.8 Å². The Morgan fingerprint density at radius 1 is 1.53 bits per heavy atom. The van der Waals surface area contributed by atoms with Crippen molar-refractivity contribution < 1.29 is 19.4 Å². The third-order valence-electron chi connectivity index (χ3n) is 3.20. The molecule has 0 aliphatic rings. The second kappa shape index (κ2) is 5.68. The van der Waals surface area contributed by atoms with Gasteiger partial charge in [-0.05, 0) is 12.8 Å². The van der Waals surface area contributed by atoms with Crippen LogP contribution in [0, 0.1) is 11.3 Å². The molecule has 0 saturated carbocycles. The number of carbonyl (C=O) groups excluding carboxylic acids is 1. The van der Waals surface area contributed by atoms with E-state index in [1.807, 2.05) is 0 Å². The van der Waals surface area contributed by atoms with Crippen molar-refractivity contribution in [2.45, 2.75) is 27.2 Å². The van der Waals surface area contributed by atoms with Gasteiger partial charge >= 0.3 is 12.0 Å². The molecular formula is C11H18N4O4. The quantitative estimate of drug-likeness (QED) is 0.706. The molecule has 1 aromatic heterocycles. The van der Waals surface area contributed by atoms with E-state index in [4.69, 9.17) is 4.74 Å². The molecule has 1 atom stereocenters. The second-order valence-corrected chi connectivity index (χ2v) is 4.77. The van der Waals surface area contributed by atoms with Crippen LogP contribution >= 0.6 is 0 Å². The van der Waals surface area contributed by atoms with Crippen molar-refractivity contribution in [3.05, 3.63) is 0 Å². The molecule has 1 heterocycles. The number of rotatable bonds is 6. The van der Waals surface area contributed by atoms with Crippen molar-refractivity contribution in [3.8, 4) is 6.01 Å². The van der Waals surface area contributed by atoms with Crippen LogP contribution in [0.1, 0.15) is 27.2 Å². The lowest BCUT2D eigenvalue weighted by molar-refractivity contribution is -0.153. The van der Waals surface area contributed by atoms with Gasteiger partial charge < -0.3 is 9.84 Å². The zero-order valence-corrected chi connectivity index (χ0v) is 11.4. The fourth-order valence-electron chi connectivity index (χ4n) is 1.43. The Hall–Kier alpha value is -2.12. The summed E-state index contributed by atoms with van der Waals surface area (Å²) < 4.78 is 4.75. The summed E-state index contributed by atoms with van der Waals surface area (Å²) in [6.07, 6.45) is -0.150. The lowest BCUT2D eigenvalue weighted by Crippen LogP contribution is -2.37. The normalized spacial score (nSPS) is 13.9.